The maximum atomic E-state index is 1.61. The molecule has 0 aromatic carbocycles. The molecular formula is C72H132NiP4. The Morgan fingerprint density at radius 3 is 0.234 bits per heavy atom. The van der Waals surface area contributed by atoms with Gasteiger partial charge in [0.05, 0.1) is 0 Å². The molecular weight excluding hydrogens is 1050 g/mol. The van der Waals surface area contributed by atoms with Gasteiger partial charge in [0.1, 0.15) is 0 Å². The van der Waals surface area contributed by atoms with E-state index in [0.717, 1.165) is 0 Å². The minimum absolute atomic E-state index is 0. The Bertz CT molecular complexity index is 1030. The van der Waals surface area contributed by atoms with Gasteiger partial charge in [-0.15, -0.1) is 0 Å². The summed E-state index contributed by atoms with van der Waals surface area (Å²) in [5.41, 5.74) is 14.3. The van der Waals surface area contributed by atoms with Crippen molar-refractivity contribution in [2.75, 3.05) is 0 Å². The normalized spacial score (nSPS) is 28.5. The third-order valence-electron chi connectivity index (χ3n) is 24.0. The molecule has 0 spiro atoms. The quantitative estimate of drug-likeness (QED) is 0.135. The standard InChI is InChI=1S/4C18H33P.Ni/c4*1-4-10-16(11-5-1)19(17-12-6-2-7-13-17)18-14-8-3-9-15-18;/h4*16-18H,1-15H2;. The van der Waals surface area contributed by atoms with Crippen molar-refractivity contribution in [2.45, 2.75) is 453 Å². The van der Waals surface area contributed by atoms with Crippen molar-refractivity contribution in [1.29, 1.82) is 0 Å². The minimum atomic E-state index is 0. The zero-order chi connectivity index (χ0) is 51.7. The van der Waals surface area contributed by atoms with Gasteiger partial charge in [0.2, 0.25) is 0 Å². The van der Waals surface area contributed by atoms with Gasteiger partial charge in [0, 0.05) is 16.5 Å². The molecule has 0 aromatic rings. The van der Waals surface area contributed by atoms with Crippen molar-refractivity contribution >= 4 is 31.7 Å². The fourth-order valence-electron chi connectivity index (χ4n) is 20.1. The molecule has 12 aliphatic carbocycles. The summed E-state index contributed by atoms with van der Waals surface area (Å²) in [6.07, 6.45) is 94.5. The summed E-state index contributed by atoms with van der Waals surface area (Å²) < 4.78 is 0. The van der Waals surface area contributed by atoms with E-state index in [4.69, 9.17) is 0 Å². The van der Waals surface area contributed by atoms with Crippen molar-refractivity contribution in [1.82, 2.24) is 0 Å². The van der Waals surface area contributed by atoms with Gasteiger partial charge in [-0.1, -0.05) is 263 Å². The van der Waals surface area contributed by atoms with Crippen LogP contribution in [0.15, 0.2) is 0 Å². The van der Waals surface area contributed by atoms with Crippen LogP contribution >= 0.6 is 31.7 Å². The summed E-state index contributed by atoms with van der Waals surface area (Å²) in [5, 5.41) is 0. The van der Waals surface area contributed by atoms with E-state index < -0.39 is 0 Å². The average Bonchev–Trinajstić information content (AvgIpc) is 3.51. The molecule has 0 aliphatic heterocycles. The van der Waals surface area contributed by atoms with Crippen LogP contribution in [0.3, 0.4) is 0 Å². The van der Waals surface area contributed by atoms with Crippen LogP contribution in [0.25, 0.3) is 0 Å². The van der Waals surface area contributed by atoms with Crippen LogP contribution in [-0.2, 0) is 16.5 Å². The van der Waals surface area contributed by atoms with Gasteiger partial charge in [-0.25, -0.2) is 0 Å². The molecule has 5 heteroatoms. The second kappa shape index (κ2) is 38.4. The van der Waals surface area contributed by atoms with Crippen LogP contribution in [0.1, 0.15) is 385 Å². The molecule has 12 aliphatic rings. The summed E-state index contributed by atoms with van der Waals surface area (Å²) in [6, 6.07) is 0. The van der Waals surface area contributed by atoms with E-state index >= 15 is 0 Å². The Kier molecular flexibility index (Phi) is 32.5. The summed E-state index contributed by atoms with van der Waals surface area (Å²) in [4.78, 5) is 0. The van der Waals surface area contributed by atoms with Crippen LogP contribution in [0.2, 0.25) is 0 Å². The first-order valence-corrected chi connectivity index (χ1v) is 43.1. The zero-order valence-corrected chi connectivity index (χ0v) is 56.0. The fraction of sp³-hybridized carbons (Fsp3) is 1.00. The molecule has 0 amide bonds. The molecule has 77 heavy (non-hydrogen) atoms. The van der Waals surface area contributed by atoms with E-state index in [-0.39, 0.29) is 16.5 Å². The van der Waals surface area contributed by atoms with E-state index in [1.165, 1.54) is 145 Å². The summed E-state index contributed by atoms with van der Waals surface area (Å²) in [5.74, 6) is 0. The molecule has 0 aromatic heterocycles. The Labute approximate surface area is 498 Å². The maximum Gasteiger partial charge on any atom is 0 e. The molecule has 12 saturated carbocycles. The van der Waals surface area contributed by atoms with Crippen molar-refractivity contribution in [2.24, 2.45) is 0 Å². The average molecular weight is 1180 g/mol. The SMILES string of the molecule is C1CCC(P(C2CCCCC2)C2CCCCC2)CC1.C1CCC(P(C2CCCCC2)C2CCCCC2)CC1.C1CCC(P(C2CCCCC2)C2CCCCC2)CC1.C1CCC(P(C2CCCCC2)C2CCCCC2)CC1.[Ni]. The maximum absolute atomic E-state index is 1.61. The molecule has 12 rings (SSSR count). The van der Waals surface area contributed by atoms with Crippen LogP contribution in [0, 0.1) is 0 Å². The van der Waals surface area contributed by atoms with Crippen LogP contribution < -0.4 is 0 Å². The van der Waals surface area contributed by atoms with Crippen molar-refractivity contribution in [3.05, 3.63) is 0 Å². The van der Waals surface area contributed by atoms with Crippen molar-refractivity contribution in [3.63, 3.8) is 0 Å². The zero-order valence-electron chi connectivity index (χ0n) is 51.5. The van der Waals surface area contributed by atoms with E-state index in [1.54, 1.807) is 308 Å². The third kappa shape index (κ3) is 21.3. The van der Waals surface area contributed by atoms with Gasteiger partial charge < -0.3 is 0 Å². The van der Waals surface area contributed by atoms with Gasteiger partial charge in [-0.3, -0.25) is 0 Å². The first-order chi connectivity index (χ1) is 37.8. The van der Waals surface area contributed by atoms with Gasteiger partial charge >= 0.3 is 0 Å². The molecule has 0 heterocycles. The van der Waals surface area contributed by atoms with Gasteiger partial charge in [-0.05, 0) is 222 Å². The molecule has 12 fully saturated rings. The molecule has 0 unspecified atom stereocenters. The summed E-state index contributed by atoms with van der Waals surface area (Å²) in [6.45, 7) is 0. The number of hydrogen-bond acceptors (Lipinski definition) is 0. The Hall–Kier alpha value is 2.21. The Morgan fingerprint density at radius 1 is 0.104 bits per heavy atom. The predicted octanol–water partition coefficient (Wildman–Crippen LogP) is 25.9. The fourth-order valence-corrected chi connectivity index (χ4v) is 38.8. The molecule has 0 radical (unpaired) electrons. The number of rotatable bonds is 12. The molecule has 450 valence electrons. The largest absolute Gasteiger partial charge is 0.0971 e. The predicted molar refractivity (Wildman–Crippen MR) is 350 cm³/mol. The topological polar surface area (TPSA) is 0 Å². The molecule has 0 bridgehead atoms. The molecule has 0 N–H and O–H groups in total. The van der Waals surface area contributed by atoms with Gasteiger partial charge in [-0.2, -0.15) is 0 Å². The van der Waals surface area contributed by atoms with E-state index in [2.05, 4.69) is 0 Å². The minimum Gasteiger partial charge on any atom is -0.0971 e. The van der Waals surface area contributed by atoms with Crippen molar-refractivity contribution < 1.29 is 16.5 Å². The first-order valence-electron chi connectivity index (χ1n) is 36.9. The van der Waals surface area contributed by atoms with Gasteiger partial charge in [0.25, 0.3) is 0 Å². The summed E-state index contributed by atoms with van der Waals surface area (Å²) in [7, 11) is 1.54. The van der Waals surface area contributed by atoms with Crippen LogP contribution in [0.4, 0.5) is 0 Å². The Morgan fingerprint density at radius 2 is 0.169 bits per heavy atom. The molecule has 0 saturated heterocycles. The second-order valence-corrected chi connectivity index (χ2v) is 41.6. The summed E-state index contributed by atoms with van der Waals surface area (Å²) >= 11 is 0. The van der Waals surface area contributed by atoms with Crippen molar-refractivity contribution in [3.8, 4) is 0 Å². The molecule has 0 atom stereocenters. The molecule has 0 nitrogen and oxygen atoms in total. The van der Waals surface area contributed by atoms with Crippen LogP contribution in [-0.4, -0.2) is 67.9 Å². The van der Waals surface area contributed by atoms with E-state index in [1.807, 2.05) is 0 Å². The smallest absolute Gasteiger partial charge is 0 e. The third-order valence-corrected chi connectivity index (χ3v) is 40.3. The Balaban J connectivity index is 0.000000135. The first kappa shape index (κ1) is 65.2. The van der Waals surface area contributed by atoms with Gasteiger partial charge in [0.15, 0.2) is 0 Å². The van der Waals surface area contributed by atoms with E-state index in [9.17, 15) is 0 Å². The second-order valence-electron chi connectivity index (χ2n) is 29.3. The number of hydrogen-bond donors (Lipinski definition) is 0. The van der Waals surface area contributed by atoms with E-state index in [0.29, 0.717) is 31.7 Å². The van der Waals surface area contributed by atoms with Crippen LogP contribution in [0.5, 0.6) is 0 Å². The monoisotopic (exact) mass is 1180 g/mol.